The first kappa shape index (κ1) is 12.8. The van der Waals surface area contributed by atoms with Gasteiger partial charge >= 0.3 is 5.97 Å². The standard InChI is InChI=1S/C16H16O4/c1-18-14-6-3-2-5-11(14)10-20-16(17)13-9-12(13)15-7-4-8-19-15/h2-8,12-13H,9-10H2,1H3. The highest BCUT2D eigenvalue weighted by Gasteiger charge is 2.47. The van der Waals surface area contributed by atoms with Crippen LogP contribution >= 0.6 is 0 Å². The summed E-state index contributed by atoms with van der Waals surface area (Å²) in [5.41, 5.74) is 0.874. The molecule has 3 rings (SSSR count). The van der Waals surface area contributed by atoms with E-state index in [1.54, 1.807) is 13.4 Å². The van der Waals surface area contributed by atoms with Gasteiger partial charge in [0.05, 0.1) is 19.3 Å². The van der Waals surface area contributed by atoms with Crippen LogP contribution in [0.3, 0.4) is 0 Å². The Morgan fingerprint density at radius 3 is 2.90 bits per heavy atom. The Hall–Kier alpha value is -2.23. The highest BCUT2D eigenvalue weighted by Crippen LogP contribution is 2.48. The highest BCUT2D eigenvalue weighted by atomic mass is 16.5. The number of furan rings is 1. The predicted molar refractivity (Wildman–Crippen MR) is 72.3 cm³/mol. The van der Waals surface area contributed by atoms with Gasteiger partial charge in [-0.25, -0.2) is 0 Å². The maximum absolute atomic E-state index is 12.0. The third-order valence-electron chi connectivity index (χ3n) is 3.56. The third kappa shape index (κ3) is 2.54. The van der Waals surface area contributed by atoms with E-state index < -0.39 is 0 Å². The quantitative estimate of drug-likeness (QED) is 0.785. The molecule has 1 aliphatic rings. The summed E-state index contributed by atoms with van der Waals surface area (Å²) in [5.74, 6) is 1.53. The Balaban J connectivity index is 1.56. The predicted octanol–water partition coefficient (Wildman–Crippen LogP) is 3.14. The lowest BCUT2D eigenvalue weighted by atomic mass is 10.2. The number of methoxy groups -OCH3 is 1. The van der Waals surface area contributed by atoms with E-state index in [0.717, 1.165) is 23.5 Å². The van der Waals surface area contributed by atoms with Crippen LogP contribution in [0, 0.1) is 5.92 Å². The van der Waals surface area contributed by atoms with Gasteiger partial charge in [0.1, 0.15) is 18.1 Å². The fourth-order valence-corrected chi connectivity index (χ4v) is 2.35. The second-order valence-electron chi connectivity index (χ2n) is 4.88. The summed E-state index contributed by atoms with van der Waals surface area (Å²) in [7, 11) is 1.61. The van der Waals surface area contributed by atoms with Gasteiger partial charge in [-0.1, -0.05) is 18.2 Å². The number of carbonyl (C=O) groups excluding carboxylic acids is 1. The minimum atomic E-state index is -0.169. The number of esters is 1. The summed E-state index contributed by atoms with van der Waals surface area (Å²) < 4.78 is 15.9. The molecule has 1 heterocycles. The lowest BCUT2D eigenvalue weighted by Gasteiger charge is -2.08. The molecule has 0 amide bonds. The molecule has 1 aromatic heterocycles. The Morgan fingerprint density at radius 2 is 2.15 bits per heavy atom. The topological polar surface area (TPSA) is 48.7 Å². The van der Waals surface area contributed by atoms with Crippen LogP contribution in [0.25, 0.3) is 0 Å². The molecule has 0 saturated heterocycles. The van der Waals surface area contributed by atoms with E-state index in [9.17, 15) is 4.79 Å². The minimum absolute atomic E-state index is 0.0733. The van der Waals surface area contributed by atoms with Gasteiger partial charge < -0.3 is 13.9 Å². The van der Waals surface area contributed by atoms with Crippen molar-refractivity contribution < 1.29 is 18.7 Å². The second-order valence-corrected chi connectivity index (χ2v) is 4.88. The summed E-state index contributed by atoms with van der Waals surface area (Å²) in [6.45, 7) is 0.240. The number of carbonyl (C=O) groups is 1. The molecule has 0 aliphatic heterocycles. The molecule has 1 aliphatic carbocycles. The first-order chi connectivity index (χ1) is 9.79. The Kier molecular flexibility index (Phi) is 3.46. The molecule has 4 nitrogen and oxygen atoms in total. The SMILES string of the molecule is COc1ccccc1COC(=O)C1CC1c1ccco1. The van der Waals surface area contributed by atoms with Crippen molar-refractivity contribution in [2.24, 2.45) is 5.92 Å². The van der Waals surface area contributed by atoms with Crippen LogP contribution in [-0.4, -0.2) is 13.1 Å². The molecule has 0 N–H and O–H groups in total. The fraction of sp³-hybridized carbons (Fsp3) is 0.312. The summed E-state index contributed by atoms with van der Waals surface area (Å²) >= 11 is 0. The molecule has 2 atom stereocenters. The molecule has 104 valence electrons. The Bertz CT molecular complexity index is 588. The zero-order valence-corrected chi connectivity index (χ0v) is 11.2. The summed E-state index contributed by atoms with van der Waals surface area (Å²) in [6, 6.07) is 11.3. The number of hydrogen-bond donors (Lipinski definition) is 0. The summed E-state index contributed by atoms with van der Waals surface area (Å²) in [6.07, 6.45) is 2.43. The zero-order chi connectivity index (χ0) is 13.9. The molecule has 2 aromatic rings. The smallest absolute Gasteiger partial charge is 0.310 e. The first-order valence-corrected chi connectivity index (χ1v) is 6.61. The molecule has 0 radical (unpaired) electrons. The van der Waals surface area contributed by atoms with Crippen molar-refractivity contribution in [3.63, 3.8) is 0 Å². The Labute approximate surface area is 117 Å². The van der Waals surface area contributed by atoms with Gasteiger partial charge in [0.15, 0.2) is 0 Å². The van der Waals surface area contributed by atoms with Crippen molar-refractivity contribution in [2.45, 2.75) is 18.9 Å². The van der Waals surface area contributed by atoms with E-state index in [4.69, 9.17) is 13.9 Å². The first-order valence-electron chi connectivity index (χ1n) is 6.61. The van der Waals surface area contributed by atoms with E-state index in [1.165, 1.54) is 0 Å². The van der Waals surface area contributed by atoms with Crippen LogP contribution in [0.2, 0.25) is 0 Å². The van der Waals surface area contributed by atoms with E-state index >= 15 is 0 Å². The van der Waals surface area contributed by atoms with Crippen molar-refractivity contribution in [1.29, 1.82) is 0 Å². The Morgan fingerprint density at radius 1 is 1.30 bits per heavy atom. The van der Waals surface area contributed by atoms with Gasteiger partial charge in [-0.15, -0.1) is 0 Å². The molecule has 0 bridgehead atoms. The van der Waals surface area contributed by atoms with E-state index in [2.05, 4.69) is 0 Å². The van der Waals surface area contributed by atoms with Crippen LogP contribution in [0.4, 0.5) is 0 Å². The van der Waals surface area contributed by atoms with Crippen molar-refractivity contribution in [3.8, 4) is 5.75 Å². The number of benzene rings is 1. The number of para-hydroxylation sites is 1. The average molecular weight is 272 g/mol. The molecule has 2 unspecified atom stereocenters. The number of hydrogen-bond acceptors (Lipinski definition) is 4. The van der Waals surface area contributed by atoms with Gasteiger partial charge in [0, 0.05) is 11.5 Å². The van der Waals surface area contributed by atoms with Crippen molar-refractivity contribution >= 4 is 5.97 Å². The molecule has 0 spiro atoms. The summed E-state index contributed by atoms with van der Waals surface area (Å²) in [4.78, 5) is 12.0. The van der Waals surface area contributed by atoms with Crippen molar-refractivity contribution in [2.75, 3.05) is 7.11 Å². The normalized spacial score (nSPS) is 20.4. The number of rotatable bonds is 5. The molecule has 1 aromatic carbocycles. The van der Waals surface area contributed by atoms with Gasteiger partial charge in [-0.2, -0.15) is 0 Å². The van der Waals surface area contributed by atoms with Gasteiger partial charge in [0.2, 0.25) is 0 Å². The van der Waals surface area contributed by atoms with Crippen LogP contribution in [-0.2, 0) is 16.1 Å². The number of ether oxygens (including phenoxy) is 2. The van der Waals surface area contributed by atoms with Gasteiger partial charge in [-0.05, 0) is 24.6 Å². The second kappa shape index (κ2) is 5.41. The van der Waals surface area contributed by atoms with Crippen molar-refractivity contribution in [1.82, 2.24) is 0 Å². The maximum atomic E-state index is 12.0. The largest absolute Gasteiger partial charge is 0.496 e. The zero-order valence-electron chi connectivity index (χ0n) is 11.2. The fourth-order valence-electron chi connectivity index (χ4n) is 2.35. The lowest BCUT2D eigenvalue weighted by molar-refractivity contribution is -0.146. The molecule has 1 fully saturated rings. The van der Waals surface area contributed by atoms with Crippen LogP contribution in [0.1, 0.15) is 23.7 Å². The van der Waals surface area contributed by atoms with E-state index in [-0.39, 0.29) is 24.4 Å². The third-order valence-corrected chi connectivity index (χ3v) is 3.56. The van der Waals surface area contributed by atoms with Gasteiger partial charge in [-0.3, -0.25) is 4.79 Å². The molecule has 4 heteroatoms. The molecular weight excluding hydrogens is 256 g/mol. The summed E-state index contributed by atoms with van der Waals surface area (Å²) in [5, 5.41) is 0. The van der Waals surface area contributed by atoms with Crippen LogP contribution in [0.15, 0.2) is 47.1 Å². The monoisotopic (exact) mass is 272 g/mol. The van der Waals surface area contributed by atoms with Crippen LogP contribution in [0.5, 0.6) is 5.75 Å². The van der Waals surface area contributed by atoms with Gasteiger partial charge in [0.25, 0.3) is 0 Å². The maximum Gasteiger partial charge on any atom is 0.310 e. The average Bonchev–Trinajstić information content (AvgIpc) is 3.11. The minimum Gasteiger partial charge on any atom is -0.496 e. The highest BCUT2D eigenvalue weighted by molar-refractivity contribution is 5.77. The van der Waals surface area contributed by atoms with Crippen LogP contribution < -0.4 is 4.74 Å². The lowest BCUT2D eigenvalue weighted by Crippen LogP contribution is -2.08. The molecule has 20 heavy (non-hydrogen) atoms. The molecule has 1 saturated carbocycles. The van der Waals surface area contributed by atoms with E-state index in [1.807, 2.05) is 36.4 Å². The van der Waals surface area contributed by atoms with E-state index in [0.29, 0.717) is 0 Å². The molecular formula is C16H16O4. The van der Waals surface area contributed by atoms with Crippen molar-refractivity contribution in [3.05, 3.63) is 54.0 Å².